The first-order valence-electron chi connectivity index (χ1n) is 7.76. The van der Waals surface area contributed by atoms with Crippen LogP contribution < -0.4 is 10.6 Å². The molecule has 1 aliphatic carbocycles. The molecule has 0 radical (unpaired) electrons. The first kappa shape index (κ1) is 16.3. The van der Waals surface area contributed by atoms with Crippen molar-refractivity contribution in [2.24, 2.45) is 0 Å². The quantitative estimate of drug-likeness (QED) is 0.878. The topological polar surface area (TPSA) is 84.7 Å². The summed E-state index contributed by atoms with van der Waals surface area (Å²) in [5, 5.41) is 16.8. The van der Waals surface area contributed by atoms with E-state index >= 15 is 0 Å². The summed E-state index contributed by atoms with van der Waals surface area (Å²) >= 11 is 0. The predicted octanol–water partition coefficient (Wildman–Crippen LogP) is 2.41. The number of rotatable bonds is 5. The van der Waals surface area contributed by atoms with Gasteiger partial charge in [-0.1, -0.05) is 12.1 Å². The zero-order chi connectivity index (χ0) is 17.3. The molecule has 2 amide bonds. The number of carbonyl (C=O) groups excluding carboxylic acids is 1. The Labute approximate surface area is 137 Å². The van der Waals surface area contributed by atoms with Gasteiger partial charge in [-0.3, -0.25) is 0 Å². The molecule has 1 saturated carbocycles. The fourth-order valence-electron chi connectivity index (χ4n) is 2.50. The van der Waals surface area contributed by atoms with Crippen molar-refractivity contribution in [2.45, 2.75) is 44.8 Å². The van der Waals surface area contributed by atoms with Gasteiger partial charge in [0, 0.05) is 5.56 Å². The third-order valence-corrected chi connectivity index (χ3v) is 3.94. The van der Waals surface area contributed by atoms with Gasteiger partial charge < -0.3 is 10.6 Å². The molecule has 0 unspecified atom stereocenters. The average molecular weight is 336 g/mol. The minimum Gasteiger partial charge on any atom is -0.332 e. The van der Waals surface area contributed by atoms with Gasteiger partial charge in [-0.15, -0.1) is 5.10 Å². The lowest BCUT2D eigenvalue weighted by Gasteiger charge is -2.18. The van der Waals surface area contributed by atoms with Gasteiger partial charge >= 0.3 is 6.03 Å². The Morgan fingerprint density at radius 1 is 1.25 bits per heavy atom. The van der Waals surface area contributed by atoms with Crippen LogP contribution in [0.5, 0.6) is 0 Å². The molecule has 128 valence electrons. The van der Waals surface area contributed by atoms with Gasteiger partial charge in [0.2, 0.25) is 0 Å². The van der Waals surface area contributed by atoms with Crippen molar-refractivity contribution in [2.75, 3.05) is 0 Å². The maximum Gasteiger partial charge on any atom is 0.315 e. The van der Waals surface area contributed by atoms with Crippen molar-refractivity contribution in [3.05, 3.63) is 41.2 Å². The summed E-state index contributed by atoms with van der Waals surface area (Å²) in [7, 11) is 0. The van der Waals surface area contributed by atoms with E-state index in [1.165, 1.54) is 12.1 Å². The van der Waals surface area contributed by atoms with Crippen LogP contribution in [-0.2, 0) is 0 Å². The number of hydrogen-bond acceptors (Lipinski definition) is 4. The third kappa shape index (κ3) is 3.34. The molecule has 1 aliphatic rings. The molecule has 0 saturated heterocycles. The zero-order valence-electron chi connectivity index (χ0n) is 13.3. The van der Waals surface area contributed by atoms with Crippen LogP contribution in [0, 0.1) is 11.6 Å². The molecule has 3 rings (SSSR count). The molecule has 1 aromatic carbocycles. The molecule has 1 aromatic heterocycles. The third-order valence-electron chi connectivity index (χ3n) is 3.94. The van der Waals surface area contributed by atoms with Crippen molar-refractivity contribution in [3.63, 3.8) is 0 Å². The number of aromatic nitrogens is 4. The maximum atomic E-state index is 13.8. The Morgan fingerprint density at radius 3 is 2.67 bits per heavy atom. The molecule has 0 aliphatic heterocycles. The summed E-state index contributed by atoms with van der Waals surface area (Å²) < 4.78 is 28.7. The summed E-state index contributed by atoms with van der Waals surface area (Å²) in [5.41, 5.74) is 0.0839. The lowest BCUT2D eigenvalue weighted by atomic mass is 10.1. The van der Waals surface area contributed by atoms with E-state index in [1.54, 1.807) is 18.5 Å². The van der Waals surface area contributed by atoms with E-state index in [9.17, 15) is 13.6 Å². The SMILES string of the molecule is C[C@@H](NC(=O)N[C@H](C)c1nnnn1C1CC1)c1cccc(F)c1F. The highest BCUT2D eigenvalue weighted by Crippen LogP contribution is 2.35. The molecule has 0 spiro atoms. The Morgan fingerprint density at radius 2 is 1.96 bits per heavy atom. The number of carbonyl (C=O) groups is 1. The fourth-order valence-corrected chi connectivity index (χ4v) is 2.50. The van der Waals surface area contributed by atoms with Crippen LogP contribution in [0.15, 0.2) is 18.2 Å². The summed E-state index contributed by atoms with van der Waals surface area (Å²) in [6, 6.07) is 2.55. The van der Waals surface area contributed by atoms with E-state index in [4.69, 9.17) is 0 Å². The summed E-state index contributed by atoms with van der Waals surface area (Å²) in [6.45, 7) is 3.34. The largest absolute Gasteiger partial charge is 0.332 e. The Balaban J connectivity index is 1.62. The zero-order valence-corrected chi connectivity index (χ0v) is 13.3. The van der Waals surface area contributed by atoms with E-state index in [1.807, 2.05) is 0 Å². The van der Waals surface area contributed by atoms with Crippen LogP contribution >= 0.6 is 0 Å². The maximum absolute atomic E-state index is 13.8. The van der Waals surface area contributed by atoms with E-state index in [-0.39, 0.29) is 5.56 Å². The number of urea groups is 1. The van der Waals surface area contributed by atoms with Crippen LogP contribution in [0.25, 0.3) is 0 Å². The monoisotopic (exact) mass is 336 g/mol. The number of amides is 2. The van der Waals surface area contributed by atoms with Gasteiger partial charge in [-0.05, 0) is 43.2 Å². The Bertz CT molecular complexity index is 745. The van der Waals surface area contributed by atoms with Crippen LogP contribution in [-0.4, -0.2) is 26.2 Å². The summed E-state index contributed by atoms with van der Waals surface area (Å²) in [6.07, 6.45) is 2.04. The van der Waals surface area contributed by atoms with Gasteiger partial charge in [-0.2, -0.15) is 0 Å². The first-order chi connectivity index (χ1) is 11.5. The highest BCUT2D eigenvalue weighted by Gasteiger charge is 2.30. The van der Waals surface area contributed by atoms with Crippen molar-refractivity contribution in [1.82, 2.24) is 30.8 Å². The second-order valence-electron chi connectivity index (χ2n) is 5.92. The number of nitrogens with one attached hydrogen (secondary N) is 2. The predicted molar refractivity (Wildman–Crippen MR) is 80.9 cm³/mol. The van der Waals surface area contributed by atoms with E-state index in [0.717, 1.165) is 18.9 Å². The molecular formula is C15H18F2N6O. The van der Waals surface area contributed by atoms with Crippen LogP contribution in [0.4, 0.5) is 13.6 Å². The standard InChI is InChI=1S/C15H18F2N6O/c1-8(11-4-3-5-12(16)13(11)17)18-15(24)19-9(2)14-20-21-22-23(14)10-6-7-10/h3-5,8-10H,6-7H2,1-2H3,(H2,18,19,24)/t8-,9-/m1/s1. The molecule has 2 aromatic rings. The minimum atomic E-state index is -0.962. The van der Waals surface area contributed by atoms with E-state index in [0.29, 0.717) is 11.9 Å². The molecule has 0 bridgehead atoms. The average Bonchev–Trinajstić information content (AvgIpc) is 3.26. The van der Waals surface area contributed by atoms with Gasteiger partial charge in [0.1, 0.15) is 0 Å². The van der Waals surface area contributed by atoms with Gasteiger partial charge in [0.25, 0.3) is 0 Å². The second kappa shape index (κ2) is 6.50. The van der Waals surface area contributed by atoms with Crippen molar-refractivity contribution < 1.29 is 13.6 Å². The molecular weight excluding hydrogens is 318 g/mol. The van der Waals surface area contributed by atoms with Crippen LogP contribution in [0.1, 0.15) is 56.2 Å². The minimum absolute atomic E-state index is 0.0839. The number of tetrazole rings is 1. The summed E-state index contributed by atoms with van der Waals surface area (Å²) in [5.74, 6) is -1.34. The van der Waals surface area contributed by atoms with Gasteiger partial charge in [0.05, 0.1) is 18.1 Å². The molecule has 24 heavy (non-hydrogen) atoms. The van der Waals surface area contributed by atoms with Crippen molar-refractivity contribution in [1.29, 1.82) is 0 Å². The van der Waals surface area contributed by atoms with Crippen molar-refractivity contribution in [3.8, 4) is 0 Å². The molecule has 7 nitrogen and oxygen atoms in total. The van der Waals surface area contributed by atoms with Gasteiger partial charge in [0.15, 0.2) is 17.5 Å². The lowest BCUT2D eigenvalue weighted by Crippen LogP contribution is -2.39. The molecule has 1 heterocycles. The normalized spacial score (nSPS) is 16.5. The van der Waals surface area contributed by atoms with Gasteiger partial charge in [-0.25, -0.2) is 18.3 Å². The van der Waals surface area contributed by atoms with E-state index in [2.05, 4.69) is 26.2 Å². The van der Waals surface area contributed by atoms with Crippen LogP contribution in [0.3, 0.4) is 0 Å². The summed E-state index contributed by atoms with van der Waals surface area (Å²) in [4.78, 5) is 12.1. The number of nitrogens with zero attached hydrogens (tertiary/aromatic N) is 4. The smallest absolute Gasteiger partial charge is 0.315 e. The number of benzene rings is 1. The second-order valence-corrected chi connectivity index (χ2v) is 5.92. The number of halogens is 2. The Kier molecular flexibility index (Phi) is 4.41. The lowest BCUT2D eigenvalue weighted by molar-refractivity contribution is 0.233. The number of hydrogen-bond donors (Lipinski definition) is 2. The molecule has 2 atom stereocenters. The highest BCUT2D eigenvalue weighted by atomic mass is 19.2. The molecule has 9 heteroatoms. The molecule has 2 N–H and O–H groups in total. The van der Waals surface area contributed by atoms with Crippen molar-refractivity contribution >= 4 is 6.03 Å². The Hall–Kier alpha value is -2.58. The fraction of sp³-hybridized carbons (Fsp3) is 0.467. The first-order valence-corrected chi connectivity index (χ1v) is 7.76. The highest BCUT2D eigenvalue weighted by molar-refractivity contribution is 5.74. The van der Waals surface area contributed by atoms with E-state index < -0.39 is 29.7 Å². The molecule has 1 fully saturated rings. The van der Waals surface area contributed by atoms with Crippen LogP contribution in [0.2, 0.25) is 0 Å².